The van der Waals surface area contributed by atoms with Crippen LogP contribution in [0.25, 0.3) is 0 Å². The summed E-state index contributed by atoms with van der Waals surface area (Å²) in [4.78, 5) is 0. The minimum absolute atomic E-state index is 0.0617. The molecule has 2 nitrogen and oxygen atoms in total. The second-order valence-corrected chi connectivity index (χ2v) is 9.27. The van der Waals surface area contributed by atoms with E-state index in [1.807, 2.05) is 31.2 Å². The maximum atomic E-state index is 13.1. The monoisotopic (exact) mass is 569 g/mol. The number of halogens is 7. The molecule has 0 amide bonds. The molecule has 1 fully saturated rings. The molecule has 0 aromatic heterocycles. The lowest BCUT2D eigenvalue weighted by Gasteiger charge is -2.25. The molecule has 1 N–H and O–H groups in total. The van der Waals surface area contributed by atoms with Gasteiger partial charge in [0.25, 0.3) is 0 Å². The fourth-order valence-corrected chi connectivity index (χ4v) is 4.79. The van der Waals surface area contributed by atoms with Crippen molar-refractivity contribution < 1.29 is 31.1 Å². The van der Waals surface area contributed by atoms with Crippen LogP contribution in [0.1, 0.15) is 33.7 Å². The van der Waals surface area contributed by atoms with E-state index in [1.54, 1.807) is 0 Å². The Morgan fingerprint density at radius 3 is 2.19 bits per heavy atom. The number of benzene rings is 2. The van der Waals surface area contributed by atoms with Crippen molar-refractivity contribution in [3.05, 3.63) is 80.4 Å². The van der Waals surface area contributed by atoms with Gasteiger partial charge in [-0.15, -0.1) is 0 Å². The van der Waals surface area contributed by atoms with Crippen LogP contribution in [0, 0.1) is 12.8 Å². The summed E-state index contributed by atoms with van der Waals surface area (Å²) in [5.74, 6) is 0.0216. The first-order valence-electron chi connectivity index (χ1n) is 9.87. The van der Waals surface area contributed by atoms with Gasteiger partial charge in [0.2, 0.25) is 0 Å². The van der Waals surface area contributed by atoms with E-state index in [1.165, 1.54) is 0 Å². The predicted octanol–water partition coefficient (Wildman–Crippen LogP) is 6.87. The Bertz CT molecular complexity index is 939. The summed E-state index contributed by atoms with van der Waals surface area (Å²) in [6, 6.07) is 9.35. The summed E-state index contributed by atoms with van der Waals surface area (Å²) in [5.41, 5.74) is -0.617. The molecule has 1 heterocycles. The van der Waals surface area contributed by atoms with E-state index >= 15 is 0 Å². The summed E-state index contributed by atoms with van der Waals surface area (Å²) in [5, 5.41) is 3.40. The molecule has 1 unspecified atom stereocenters. The average Bonchev–Trinajstić information content (AvgIpc) is 3.11. The van der Waals surface area contributed by atoms with E-state index in [4.69, 9.17) is 4.74 Å². The van der Waals surface area contributed by atoms with E-state index in [9.17, 15) is 26.3 Å². The van der Waals surface area contributed by atoms with Gasteiger partial charge < -0.3 is 10.1 Å². The Balaban J connectivity index is 1.80. The van der Waals surface area contributed by atoms with Gasteiger partial charge in [-0.1, -0.05) is 30.8 Å². The highest BCUT2D eigenvalue weighted by atomic mass is 127. The molecular formula is C23H22F6INO. The largest absolute Gasteiger partial charge is 0.416 e. The molecule has 0 spiro atoms. The third-order valence-corrected chi connectivity index (χ3v) is 6.33. The maximum Gasteiger partial charge on any atom is 0.416 e. The number of nitrogens with one attached hydrogen (secondary N) is 1. The predicted molar refractivity (Wildman–Crippen MR) is 118 cm³/mol. The molecule has 3 rings (SSSR count). The molecule has 0 saturated carbocycles. The number of ether oxygens (including phenoxy) is 1. The van der Waals surface area contributed by atoms with Crippen LogP contribution in [0.2, 0.25) is 0 Å². The molecule has 1 aliphatic rings. The molecule has 1 saturated heterocycles. The molecule has 3 atom stereocenters. The molecular weight excluding hydrogens is 547 g/mol. The molecule has 2 aromatic rings. The lowest BCUT2D eigenvalue weighted by atomic mass is 9.84. The van der Waals surface area contributed by atoms with Gasteiger partial charge >= 0.3 is 12.4 Å². The maximum absolute atomic E-state index is 13.1. The van der Waals surface area contributed by atoms with Crippen LogP contribution < -0.4 is 5.32 Å². The molecule has 174 valence electrons. The molecule has 0 radical (unpaired) electrons. The second kappa shape index (κ2) is 9.72. The molecule has 1 aliphatic heterocycles. The second-order valence-electron chi connectivity index (χ2n) is 7.89. The number of hydrogen-bond acceptors (Lipinski definition) is 2. The Labute approximate surface area is 196 Å². The number of aryl methyl sites for hydroxylation is 1. The fourth-order valence-electron chi connectivity index (χ4n) is 4.10. The van der Waals surface area contributed by atoms with Crippen LogP contribution >= 0.6 is 22.6 Å². The smallest absolute Gasteiger partial charge is 0.376 e. The average molecular weight is 569 g/mol. The van der Waals surface area contributed by atoms with Gasteiger partial charge in [-0.05, 0) is 64.4 Å². The van der Waals surface area contributed by atoms with Gasteiger partial charge in [0.15, 0.2) is 0 Å². The van der Waals surface area contributed by atoms with E-state index in [-0.39, 0.29) is 42.7 Å². The summed E-state index contributed by atoms with van der Waals surface area (Å²) in [6.07, 6.45) is -9.77. The quantitative estimate of drug-likeness (QED) is 0.303. The zero-order chi connectivity index (χ0) is 23.7. The van der Waals surface area contributed by atoms with Crippen molar-refractivity contribution in [2.45, 2.75) is 37.8 Å². The number of rotatable bonds is 6. The van der Waals surface area contributed by atoms with E-state index in [0.717, 1.165) is 14.7 Å². The Hall–Kier alpha value is -1.59. The zero-order valence-electron chi connectivity index (χ0n) is 17.2. The first-order valence-corrected chi connectivity index (χ1v) is 10.9. The van der Waals surface area contributed by atoms with Crippen LogP contribution in [0.15, 0.2) is 52.6 Å². The van der Waals surface area contributed by atoms with Crippen molar-refractivity contribution >= 4 is 22.6 Å². The van der Waals surface area contributed by atoms with Crippen LogP contribution in [-0.4, -0.2) is 19.2 Å². The molecule has 9 heteroatoms. The van der Waals surface area contributed by atoms with Crippen LogP contribution in [0.3, 0.4) is 0 Å². The minimum atomic E-state index is -4.88. The van der Waals surface area contributed by atoms with Gasteiger partial charge in [0.1, 0.15) is 0 Å². The highest BCUT2D eigenvalue weighted by Gasteiger charge is 2.39. The summed E-state index contributed by atoms with van der Waals surface area (Å²) >= 11 is 2.12. The Morgan fingerprint density at radius 1 is 1.06 bits per heavy atom. The van der Waals surface area contributed by atoms with Crippen molar-refractivity contribution in [2.75, 3.05) is 13.2 Å². The minimum Gasteiger partial charge on any atom is -0.376 e. The van der Waals surface area contributed by atoms with Gasteiger partial charge in [0, 0.05) is 28.0 Å². The lowest BCUT2D eigenvalue weighted by Crippen LogP contribution is -2.30. The first kappa shape index (κ1) is 25.0. The highest BCUT2D eigenvalue weighted by Crippen LogP contribution is 2.39. The molecule has 2 aromatic carbocycles. The Kier molecular flexibility index (Phi) is 7.61. The van der Waals surface area contributed by atoms with Crippen molar-refractivity contribution in [2.24, 2.45) is 5.92 Å². The van der Waals surface area contributed by atoms with Gasteiger partial charge in [-0.3, -0.25) is 0 Å². The normalized spacial score (nSPS) is 21.7. The Morgan fingerprint density at radius 2 is 1.66 bits per heavy atom. The van der Waals surface area contributed by atoms with Crippen LogP contribution in [0.5, 0.6) is 0 Å². The van der Waals surface area contributed by atoms with Gasteiger partial charge in [-0.25, -0.2) is 0 Å². The van der Waals surface area contributed by atoms with Crippen LogP contribution in [0.4, 0.5) is 26.3 Å². The van der Waals surface area contributed by atoms with E-state index in [0.29, 0.717) is 18.7 Å². The fraction of sp³-hybridized carbons (Fsp3) is 0.391. The van der Waals surface area contributed by atoms with Gasteiger partial charge in [-0.2, -0.15) is 26.3 Å². The van der Waals surface area contributed by atoms with Crippen molar-refractivity contribution in [3.63, 3.8) is 0 Å². The summed E-state index contributed by atoms with van der Waals surface area (Å²) in [7, 11) is 0. The molecule has 0 aliphatic carbocycles. The summed E-state index contributed by atoms with van der Waals surface area (Å²) < 4.78 is 85.1. The topological polar surface area (TPSA) is 21.3 Å². The highest BCUT2D eigenvalue weighted by molar-refractivity contribution is 14.1. The van der Waals surface area contributed by atoms with Gasteiger partial charge in [0.05, 0.1) is 24.3 Å². The summed E-state index contributed by atoms with van der Waals surface area (Å²) in [6.45, 7) is 6.48. The SMILES string of the molecule is C=C(I)C1NC[C@@H](c2ccccc2C)[C@H]1COCc1cc(C(F)(F)F)cc(C(F)(F)F)c1. The first-order chi connectivity index (χ1) is 14.9. The van der Waals surface area contributed by atoms with Crippen molar-refractivity contribution in [1.82, 2.24) is 5.32 Å². The number of alkyl halides is 6. The third kappa shape index (κ3) is 5.85. The van der Waals surface area contributed by atoms with Crippen molar-refractivity contribution in [3.8, 4) is 0 Å². The third-order valence-electron chi connectivity index (χ3n) is 5.65. The van der Waals surface area contributed by atoms with E-state index < -0.39 is 23.5 Å². The standard InChI is InChI=1S/C23H22F6INO/c1-13-5-3-4-6-18(13)19-10-31-21(14(2)30)20(19)12-32-11-15-7-16(22(24,25)26)9-17(8-15)23(27,28)29/h3-9,19-21,31H,2,10-12H2,1H3/t19-,20+,21?/m0/s1. The molecule has 32 heavy (non-hydrogen) atoms. The zero-order valence-corrected chi connectivity index (χ0v) is 19.3. The number of hydrogen-bond donors (Lipinski definition) is 1. The van der Waals surface area contributed by atoms with E-state index in [2.05, 4.69) is 34.5 Å². The van der Waals surface area contributed by atoms with Crippen LogP contribution in [-0.2, 0) is 23.7 Å². The van der Waals surface area contributed by atoms with Crippen molar-refractivity contribution in [1.29, 1.82) is 0 Å². The lowest BCUT2D eigenvalue weighted by molar-refractivity contribution is -0.143. The molecule has 0 bridgehead atoms.